The third-order valence-corrected chi connectivity index (χ3v) is 5.22. The van der Waals surface area contributed by atoms with Gasteiger partial charge >= 0.3 is 5.76 Å². The molecule has 1 atom stereocenters. The number of aryl methyl sites for hydroxylation is 1. The maximum Gasteiger partial charge on any atom is 0.419 e. The van der Waals surface area contributed by atoms with Crippen molar-refractivity contribution in [1.29, 1.82) is 0 Å². The molecule has 132 valence electrons. The summed E-state index contributed by atoms with van der Waals surface area (Å²) in [6.45, 7) is 4.40. The number of aromatic nitrogens is 1. The Morgan fingerprint density at radius 1 is 1.36 bits per heavy atom. The van der Waals surface area contributed by atoms with Gasteiger partial charge in [-0.1, -0.05) is 31.5 Å². The zero-order valence-electron chi connectivity index (χ0n) is 14.0. The second-order valence-corrected chi connectivity index (χ2v) is 7.60. The molecule has 0 saturated heterocycles. The fourth-order valence-corrected chi connectivity index (χ4v) is 3.86. The fourth-order valence-electron chi connectivity index (χ4n) is 2.75. The van der Waals surface area contributed by atoms with E-state index in [-0.39, 0.29) is 30.8 Å². The highest BCUT2D eigenvalue weighted by Crippen LogP contribution is 2.26. The van der Waals surface area contributed by atoms with Crippen LogP contribution in [0.4, 0.5) is 0 Å². The van der Waals surface area contributed by atoms with Gasteiger partial charge in [-0.15, -0.1) is 11.3 Å². The van der Waals surface area contributed by atoms with Crippen LogP contribution in [0.3, 0.4) is 0 Å². The summed E-state index contributed by atoms with van der Waals surface area (Å²) >= 11 is 7.53. The van der Waals surface area contributed by atoms with E-state index in [1.165, 1.54) is 4.57 Å². The predicted octanol–water partition coefficient (Wildman–Crippen LogP) is 4.21. The first-order valence-electron chi connectivity index (χ1n) is 8.07. The van der Waals surface area contributed by atoms with E-state index in [9.17, 15) is 9.59 Å². The molecular weight excluding hydrogens is 360 g/mol. The van der Waals surface area contributed by atoms with Crippen LogP contribution in [0, 0.1) is 5.92 Å². The largest absolute Gasteiger partial charge is 0.419 e. The van der Waals surface area contributed by atoms with Gasteiger partial charge in [0.2, 0.25) is 5.91 Å². The molecule has 0 aliphatic carbocycles. The predicted molar refractivity (Wildman–Crippen MR) is 100 cm³/mol. The third-order valence-electron chi connectivity index (χ3n) is 4.03. The Morgan fingerprint density at radius 2 is 2.16 bits per heavy atom. The van der Waals surface area contributed by atoms with Gasteiger partial charge in [0.05, 0.1) is 11.6 Å². The summed E-state index contributed by atoms with van der Waals surface area (Å²) in [6, 6.07) is 8.99. The number of rotatable bonds is 6. The number of thiophene rings is 1. The summed E-state index contributed by atoms with van der Waals surface area (Å²) in [6.07, 6.45) is 0.200. The molecule has 7 heteroatoms. The SMILES string of the molecule is CC(C)[C@@H](NC(=O)CCn1c(=O)oc2cc(Cl)ccc21)c1cccs1. The molecular formula is C18H19ClN2O3S. The lowest BCUT2D eigenvalue weighted by Gasteiger charge is -2.21. The standard InChI is InChI=1S/C18H19ClN2O3S/c1-11(2)17(15-4-3-9-25-15)20-16(22)7-8-21-13-6-5-12(19)10-14(13)24-18(21)23/h3-6,9-11,17H,7-8H2,1-2H3,(H,20,22)/t17-/m1/s1. The van der Waals surface area contributed by atoms with Crippen molar-refractivity contribution in [1.82, 2.24) is 9.88 Å². The molecule has 1 aromatic carbocycles. The Bertz CT molecular complexity index is 928. The minimum Gasteiger partial charge on any atom is -0.408 e. The van der Waals surface area contributed by atoms with Crippen LogP contribution in [0.5, 0.6) is 0 Å². The van der Waals surface area contributed by atoms with Gasteiger partial charge in [0.25, 0.3) is 0 Å². The number of benzene rings is 1. The molecule has 0 fully saturated rings. The number of fused-ring (bicyclic) bond motifs is 1. The molecule has 0 unspecified atom stereocenters. The van der Waals surface area contributed by atoms with E-state index in [4.69, 9.17) is 16.0 Å². The van der Waals surface area contributed by atoms with Crippen LogP contribution in [-0.2, 0) is 11.3 Å². The highest BCUT2D eigenvalue weighted by molar-refractivity contribution is 7.10. The van der Waals surface area contributed by atoms with Gasteiger partial charge in [-0.2, -0.15) is 0 Å². The van der Waals surface area contributed by atoms with E-state index >= 15 is 0 Å². The van der Waals surface area contributed by atoms with Crippen molar-refractivity contribution < 1.29 is 9.21 Å². The smallest absolute Gasteiger partial charge is 0.408 e. The number of nitrogens with zero attached hydrogens (tertiary/aromatic N) is 1. The average Bonchev–Trinajstić information content (AvgIpc) is 3.17. The van der Waals surface area contributed by atoms with Crippen molar-refractivity contribution in [3.8, 4) is 0 Å². The Labute approximate surface area is 154 Å². The number of hydrogen-bond acceptors (Lipinski definition) is 4. The quantitative estimate of drug-likeness (QED) is 0.698. The molecule has 25 heavy (non-hydrogen) atoms. The first kappa shape index (κ1) is 17.8. The number of oxazole rings is 1. The van der Waals surface area contributed by atoms with Crippen LogP contribution in [0.25, 0.3) is 11.1 Å². The monoisotopic (exact) mass is 378 g/mol. The van der Waals surface area contributed by atoms with E-state index in [0.717, 1.165) is 4.88 Å². The summed E-state index contributed by atoms with van der Waals surface area (Å²) in [7, 11) is 0. The second kappa shape index (κ2) is 7.45. The normalized spacial score (nSPS) is 12.6. The summed E-state index contributed by atoms with van der Waals surface area (Å²) in [5, 5.41) is 5.56. The lowest BCUT2D eigenvalue weighted by atomic mass is 10.0. The van der Waals surface area contributed by atoms with Gasteiger partial charge in [0, 0.05) is 28.9 Å². The van der Waals surface area contributed by atoms with Gasteiger partial charge in [-0.05, 0) is 29.5 Å². The minimum absolute atomic E-state index is 0.0240. The second-order valence-electron chi connectivity index (χ2n) is 6.19. The van der Waals surface area contributed by atoms with E-state index in [2.05, 4.69) is 19.2 Å². The van der Waals surface area contributed by atoms with Crippen molar-refractivity contribution in [2.24, 2.45) is 5.92 Å². The zero-order chi connectivity index (χ0) is 18.0. The van der Waals surface area contributed by atoms with Crippen molar-refractivity contribution in [3.63, 3.8) is 0 Å². The Balaban J connectivity index is 1.70. The number of carbonyl (C=O) groups excluding carboxylic acids is 1. The molecule has 5 nitrogen and oxygen atoms in total. The van der Waals surface area contributed by atoms with Gasteiger partial charge in [-0.3, -0.25) is 9.36 Å². The summed E-state index contributed by atoms with van der Waals surface area (Å²) < 4.78 is 6.64. The van der Waals surface area contributed by atoms with Crippen LogP contribution < -0.4 is 11.1 Å². The summed E-state index contributed by atoms with van der Waals surface area (Å²) in [5.74, 6) is -0.298. The van der Waals surface area contributed by atoms with Crippen LogP contribution in [-0.4, -0.2) is 10.5 Å². The van der Waals surface area contributed by atoms with Crippen molar-refractivity contribution in [2.75, 3.05) is 0 Å². The van der Waals surface area contributed by atoms with Gasteiger partial charge < -0.3 is 9.73 Å². The molecule has 0 saturated carbocycles. The zero-order valence-corrected chi connectivity index (χ0v) is 15.6. The van der Waals surface area contributed by atoms with E-state index < -0.39 is 5.76 Å². The van der Waals surface area contributed by atoms with E-state index in [1.54, 1.807) is 29.5 Å². The van der Waals surface area contributed by atoms with E-state index in [1.807, 2.05) is 17.5 Å². The van der Waals surface area contributed by atoms with Crippen LogP contribution >= 0.6 is 22.9 Å². The number of amides is 1. The lowest BCUT2D eigenvalue weighted by Crippen LogP contribution is -2.32. The number of carbonyl (C=O) groups is 1. The molecule has 1 amide bonds. The maximum absolute atomic E-state index is 12.4. The average molecular weight is 379 g/mol. The lowest BCUT2D eigenvalue weighted by molar-refractivity contribution is -0.122. The fraction of sp³-hybridized carbons (Fsp3) is 0.333. The third kappa shape index (κ3) is 3.96. The number of halogens is 1. The van der Waals surface area contributed by atoms with Gasteiger partial charge in [0.15, 0.2) is 5.58 Å². The first-order valence-corrected chi connectivity index (χ1v) is 9.33. The number of nitrogens with one attached hydrogen (secondary N) is 1. The van der Waals surface area contributed by atoms with Crippen molar-refractivity contribution in [3.05, 3.63) is 56.2 Å². The number of hydrogen-bond donors (Lipinski definition) is 1. The molecule has 0 aliphatic heterocycles. The minimum atomic E-state index is -0.483. The first-order chi connectivity index (χ1) is 12.0. The molecule has 2 aromatic heterocycles. The molecule has 3 rings (SSSR count). The van der Waals surface area contributed by atoms with Crippen molar-refractivity contribution >= 4 is 39.9 Å². The molecule has 0 aliphatic rings. The Kier molecular flexibility index (Phi) is 5.30. The van der Waals surface area contributed by atoms with Gasteiger partial charge in [0.1, 0.15) is 0 Å². The van der Waals surface area contributed by atoms with Crippen LogP contribution in [0.2, 0.25) is 5.02 Å². The topological polar surface area (TPSA) is 64.2 Å². The highest BCUT2D eigenvalue weighted by atomic mass is 35.5. The molecule has 1 N–H and O–H groups in total. The molecule has 0 spiro atoms. The van der Waals surface area contributed by atoms with Crippen LogP contribution in [0.1, 0.15) is 31.2 Å². The molecule has 2 heterocycles. The Morgan fingerprint density at radius 3 is 2.84 bits per heavy atom. The Hall–Kier alpha value is -2.05. The highest BCUT2D eigenvalue weighted by Gasteiger charge is 2.19. The molecule has 0 radical (unpaired) electrons. The van der Waals surface area contributed by atoms with E-state index in [0.29, 0.717) is 16.1 Å². The van der Waals surface area contributed by atoms with Gasteiger partial charge in [-0.25, -0.2) is 4.79 Å². The summed E-state index contributed by atoms with van der Waals surface area (Å²) in [5.41, 5.74) is 1.07. The van der Waals surface area contributed by atoms with Crippen LogP contribution in [0.15, 0.2) is 44.9 Å². The van der Waals surface area contributed by atoms with Crippen molar-refractivity contribution in [2.45, 2.75) is 32.9 Å². The summed E-state index contributed by atoms with van der Waals surface area (Å²) in [4.78, 5) is 25.5. The molecule has 3 aromatic rings. The maximum atomic E-state index is 12.4. The molecule has 0 bridgehead atoms.